The van der Waals surface area contributed by atoms with Crippen molar-refractivity contribution in [1.82, 2.24) is 10.2 Å². The molecule has 2 atom stereocenters. The highest BCUT2D eigenvalue weighted by Gasteiger charge is 2.36. The molecule has 1 aromatic rings. The number of benzene rings is 1. The van der Waals surface area contributed by atoms with Gasteiger partial charge in [-0.05, 0) is 51.0 Å². The number of Topliss-reactive ketones (excluding diaryl/α,β-unsaturated/α-hetero) is 1. The first-order valence-electron chi connectivity index (χ1n) is 8.29. The summed E-state index contributed by atoms with van der Waals surface area (Å²) in [5.74, 6) is 1.47. The van der Waals surface area contributed by atoms with E-state index in [9.17, 15) is 4.79 Å². The molecule has 3 nitrogen and oxygen atoms in total. The van der Waals surface area contributed by atoms with Gasteiger partial charge >= 0.3 is 0 Å². The van der Waals surface area contributed by atoms with Gasteiger partial charge in [-0.2, -0.15) is 11.8 Å². The SMILES string of the molecule is CC1(C)CN(C2CC(C(=O)c3ccc(Cl)cc3)CC[N]2)CCS1. The van der Waals surface area contributed by atoms with Crippen LogP contribution in [0.15, 0.2) is 24.3 Å². The summed E-state index contributed by atoms with van der Waals surface area (Å²) in [6, 6.07) is 7.27. The molecule has 23 heavy (non-hydrogen) atoms. The van der Waals surface area contributed by atoms with Gasteiger partial charge in [0.2, 0.25) is 0 Å². The average Bonchev–Trinajstić information content (AvgIpc) is 2.54. The summed E-state index contributed by atoms with van der Waals surface area (Å²) in [6.45, 7) is 7.50. The number of halogens is 1. The number of nitrogens with zero attached hydrogens (tertiary/aromatic N) is 2. The van der Waals surface area contributed by atoms with Crippen LogP contribution in [-0.4, -0.2) is 47.0 Å². The number of piperidine rings is 1. The van der Waals surface area contributed by atoms with Crippen LogP contribution in [0.4, 0.5) is 0 Å². The number of rotatable bonds is 3. The first kappa shape index (κ1) is 17.3. The monoisotopic (exact) mass is 351 g/mol. The molecule has 2 aliphatic rings. The van der Waals surface area contributed by atoms with Crippen molar-refractivity contribution in [2.45, 2.75) is 37.6 Å². The number of hydrogen-bond acceptors (Lipinski definition) is 3. The molecule has 0 bridgehead atoms. The van der Waals surface area contributed by atoms with E-state index >= 15 is 0 Å². The maximum atomic E-state index is 12.8. The quantitative estimate of drug-likeness (QED) is 0.779. The fourth-order valence-electron chi connectivity index (χ4n) is 3.49. The number of hydrogen-bond donors (Lipinski definition) is 0. The van der Waals surface area contributed by atoms with Crippen LogP contribution in [0.2, 0.25) is 5.02 Å². The van der Waals surface area contributed by atoms with E-state index in [0.29, 0.717) is 5.02 Å². The van der Waals surface area contributed by atoms with Gasteiger partial charge in [0.05, 0.1) is 6.17 Å². The van der Waals surface area contributed by atoms with Crippen LogP contribution in [0.5, 0.6) is 0 Å². The molecule has 0 aromatic heterocycles. The number of thioether (sulfide) groups is 1. The lowest BCUT2D eigenvalue weighted by Gasteiger charge is -2.43. The van der Waals surface area contributed by atoms with E-state index < -0.39 is 0 Å². The van der Waals surface area contributed by atoms with E-state index in [0.717, 1.165) is 43.8 Å². The molecule has 1 radical (unpaired) electrons. The van der Waals surface area contributed by atoms with Crippen molar-refractivity contribution in [1.29, 1.82) is 0 Å². The highest BCUT2D eigenvalue weighted by Crippen LogP contribution is 2.33. The molecular weight excluding hydrogens is 328 g/mol. The molecule has 0 amide bonds. The fraction of sp³-hybridized carbons (Fsp3) is 0.611. The van der Waals surface area contributed by atoms with Gasteiger partial charge in [0.1, 0.15) is 0 Å². The van der Waals surface area contributed by atoms with Gasteiger partial charge in [0.25, 0.3) is 0 Å². The van der Waals surface area contributed by atoms with E-state index in [4.69, 9.17) is 16.9 Å². The van der Waals surface area contributed by atoms with Crippen molar-refractivity contribution < 1.29 is 4.79 Å². The Morgan fingerprint density at radius 3 is 2.78 bits per heavy atom. The van der Waals surface area contributed by atoms with Crippen LogP contribution < -0.4 is 5.32 Å². The van der Waals surface area contributed by atoms with Crippen molar-refractivity contribution in [3.8, 4) is 0 Å². The zero-order chi connectivity index (χ0) is 16.4. The van der Waals surface area contributed by atoms with Crippen molar-refractivity contribution >= 4 is 29.1 Å². The average molecular weight is 352 g/mol. The largest absolute Gasteiger partial charge is 0.294 e. The van der Waals surface area contributed by atoms with E-state index in [-0.39, 0.29) is 22.6 Å². The molecule has 2 aliphatic heterocycles. The molecule has 2 saturated heterocycles. The molecule has 5 heteroatoms. The van der Waals surface area contributed by atoms with Crippen molar-refractivity contribution in [3.63, 3.8) is 0 Å². The standard InChI is InChI=1S/C18H24ClN2OS/c1-18(2)12-21(9-10-23-18)16-11-14(7-8-20-16)17(22)13-3-5-15(19)6-4-13/h3-6,14,16H,7-12H2,1-2H3. The zero-order valence-electron chi connectivity index (χ0n) is 13.8. The van der Waals surface area contributed by atoms with E-state index in [1.165, 1.54) is 0 Å². The van der Waals surface area contributed by atoms with E-state index in [1.807, 2.05) is 23.9 Å². The first-order chi connectivity index (χ1) is 10.9. The summed E-state index contributed by atoms with van der Waals surface area (Å²) >= 11 is 7.95. The van der Waals surface area contributed by atoms with Gasteiger partial charge in [0, 0.05) is 46.6 Å². The minimum Gasteiger partial charge on any atom is -0.294 e. The third-order valence-corrected chi connectivity index (χ3v) is 6.24. The lowest BCUT2D eigenvalue weighted by atomic mass is 9.87. The molecule has 2 fully saturated rings. The van der Waals surface area contributed by atoms with Gasteiger partial charge < -0.3 is 0 Å². The molecular formula is C18H24ClN2OS. The zero-order valence-corrected chi connectivity index (χ0v) is 15.4. The summed E-state index contributed by atoms with van der Waals surface area (Å²) in [7, 11) is 0. The van der Waals surface area contributed by atoms with Crippen molar-refractivity contribution in [2.75, 3.05) is 25.4 Å². The molecule has 0 spiro atoms. The highest BCUT2D eigenvalue weighted by molar-refractivity contribution is 8.00. The minimum atomic E-state index is 0.0800. The van der Waals surface area contributed by atoms with Gasteiger partial charge in [-0.3, -0.25) is 9.69 Å². The normalized spacial score (nSPS) is 28.5. The topological polar surface area (TPSA) is 34.4 Å². The van der Waals surface area contributed by atoms with Gasteiger partial charge in [-0.1, -0.05) is 11.6 Å². The molecule has 125 valence electrons. The summed E-state index contributed by atoms with van der Waals surface area (Å²) in [5.41, 5.74) is 0.773. The maximum absolute atomic E-state index is 12.8. The summed E-state index contributed by atoms with van der Waals surface area (Å²) in [5, 5.41) is 5.47. The first-order valence-corrected chi connectivity index (χ1v) is 9.65. The van der Waals surface area contributed by atoms with Crippen LogP contribution >= 0.6 is 23.4 Å². The van der Waals surface area contributed by atoms with E-state index in [2.05, 4.69) is 18.7 Å². The van der Waals surface area contributed by atoms with Crippen LogP contribution in [0.1, 0.15) is 37.0 Å². The Labute approximate surface area is 148 Å². The Bertz CT molecular complexity index is 561. The fourth-order valence-corrected chi connectivity index (χ4v) is 4.75. The smallest absolute Gasteiger partial charge is 0.166 e. The van der Waals surface area contributed by atoms with Crippen LogP contribution in [0.3, 0.4) is 0 Å². The third kappa shape index (κ3) is 4.30. The predicted molar refractivity (Wildman–Crippen MR) is 97.4 cm³/mol. The number of ketones is 1. The lowest BCUT2D eigenvalue weighted by molar-refractivity contribution is 0.0736. The minimum absolute atomic E-state index is 0.0800. The molecule has 2 unspecified atom stereocenters. The highest BCUT2D eigenvalue weighted by atomic mass is 35.5. The second-order valence-electron chi connectivity index (χ2n) is 7.06. The Hall–Kier alpha value is -0.550. The van der Waals surface area contributed by atoms with Crippen LogP contribution in [0.25, 0.3) is 0 Å². The molecule has 3 rings (SSSR count). The second kappa shape index (κ2) is 7.14. The van der Waals surface area contributed by atoms with Gasteiger partial charge in [-0.25, -0.2) is 5.32 Å². The Morgan fingerprint density at radius 1 is 1.35 bits per heavy atom. The number of carbonyl (C=O) groups excluding carboxylic acids is 1. The summed E-state index contributed by atoms with van der Waals surface area (Å²) in [4.78, 5) is 15.2. The molecule has 1 aromatic carbocycles. The maximum Gasteiger partial charge on any atom is 0.166 e. The number of carbonyl (C=O) groups is 1. The van der Waals surface area contributed by atoms with E-state index in [1.54, 1.807) is 12.1 Å². The summed E-state index contributed by atoms with van der Waals surface area (Å²) < 4.78 is 0.279. The lowest BCUT2D eigenvalue weighted by Crippen LogP contribution is -2.54. The molecule has 0 saturated carbocycles. The molecule has 0 aliphatic carbocycles. The Balaban J connectivity index is 1.66. The summed E-state index contributed by atoms with van der Waals surface area (Å²) in [6.07, 6.45) is 1.91. The van der Waals surface area contributed by atoms with Gasteiger partial charge in [0.15, 0.2) is 5.78 Å². The van der Waals surface area contributed by atoms with Crippen LogP contribution in [-0.2, 0) is 0 Å². The van der Waals surface area contributed by atoms with Crippen LogP contribution in [0, 0.1) is 5.92 Å². The Morgan fingerprint density at radius 2 is 2.09 bits per heavy atom. The predicted octanol–water partition coefficient (Wildman–Crippen LogP) is 3.69. The molecule has 2 heterocycles. The second-order valence-corrected chi connectivity index (χ2v) is 9.30. The van der Waals surface area contributed by atoms with Gasteiger partial charge in [-0.15, -0.1) is 0 Å². The van der Waals surface area contributed by atoms with Crippen molar-refractivity contribution in [2.24, 2.45) is 5.92 Å². The Kier molecular flexibility index (Phi) is 5.36. The third-order valence-electron chi connectivity index (χ3n) is 4.69. The molecule has 0 N–H and O–H groups in total. The van der Waals surface area contributed by atoms with Crippen molar-refractivity contribution in [3.05, 3.63) is 34.9 Å².